The lowest BCUT2D eigenvalue weighted by Gasteiger charge is -2.30. The van der Waals surface area contributed by atoms with Crippen molar-refractivity contribution < 1.29 is 37.4 Å². The van der Waals surface area contributed by atoms with Crippen LogP contribution in [0.25, 0.3) is 11.1 Å². The summed E-state index contributed by atoms with van der Waals surface area (Å²) in [4.78, 5) is 37.7. The van der Waals surface area contributed by atoms with Gasteiger partial charge in [0, 0.05) is 24.6 Å². The van der Waals surface area contributed by atoms with Crippen molar-refractivity contribution in [3.8, 4) is 11.1 Å². The number of rotatable bonds is 6. The topological polar surface area (TPSA) is 95.9 Å². The Morgan fingerprint density at radius 1 is 1.06 bits per heavy atom. The van der Waals surface area contributed by atoms with Crippen molar-refractivity contribution in [3.05, 3.63) is 71.3 Å². The number of alkyl halides is 3. The lowest BCUT2D eigenvalue weighted by Crippen LogP contribution is -2.51. The first-order chi connectivity index (χ1) is 16.6. The molecular weight excluding hydrogens is 465 g/mol. The number of amides is 2. The van der Waals surface area contributed by atoms with Gasteiger partial charge in [-0.2, -0.15) is 13.2 Å². The summed E-state index contributed by atoms with van der Waals surface area (Å²) < 4.78 is 43.9. The van der Waals surface area contributed by atoms with E-state index >= 15 is 0 Å². The van der Waals surface area contributed by atoms with Crippen LogP contribution in [0.5, 0.6) is 0 Å². The molecule has 184 valence electrons. The Kier molecular flexibility index (Phi) is 6.81. The normalized spacial score (nSPS) is 16.1. The zero-order chi connectivity index (χ0) is 25.2. The third-order valence-electron chi connectivity index (χ3n) is 6.20. The minimum absolute atomic E-state index is 0.0325. The van der Waals surface area contributed by atoms with Gasteiger partial charge in [0.05, 0.1) is 6.42 Å². The van der Waals surface area contributed by atoms with Crippen molar-refractivity contribution in [1.82, 2.24) is 10.2 Å². The number of ether oxygens (including phenoxy) is 1. The molecule has 2 aliphatic rings. The zero-order valence-electron chi connectivity index (χ0n) is 18.5. The number of halogens is 3. The van der Waals surface area contributed by atoms with Gasteiger partial charge in [-0.15, -0.1) is 0 Å². The Morgan fingerprint density at radius 3 is 2.17 bits per heavy atom. The van der Waals surface area contributed by atoms with E-state index in [4.69, 9.17) is 4.74 Å². The van der Waals surface area contributed by atoms with Crippen LogP contribution in [0.3, 0.4) is 0 Å². The predicted octanol–water partition coefficient (Wildman–Crippen LogP) is 4.09. The maximum absolute atomic E-state index is 12.8. The molecule has 2 aromatic carbocycles. The number of nitrogens with zero attached hydrogens (tertiary/aromatic N) is 1. The number of hydrogen-bond acceptors (Lipinski definition) is 4. The molecule has 0 fully saturated rings. The number of fused-ring (bicyclic) bond motifs is 3. The first-order valence-electron chi connectivity index (χ1n) is 11.0. The van der Waals surface area contributed by atoms with Crippen LogP contribution >= 0.6 is 0 Å². The fourth-order valence-corrected chi connectivity index (χ4v) is 4.50. The Bertz CT molecular complexity index is 1130. The minimum atomic E-state index is -4.48. The Labute approximate surface area is 199 Å². The molecule has 0 radical (unpaired) electrons. The summed E-state index contributed by atoms with van der Waals surface area (Å²) >= 11 is 0. The van der Waals surface area contributed by atoms with Crippen molar-refractivity contribution in [2.45, 2.75) is 31.0 Å². The molecule has 0 aromatic heterocycles. The van der Waals surface area contributed by atoms with Crippen molar-refractivity contribution in [2.24, 2.45) is 0 Å². The second-order valence-corrected chi connectivity index (χ2v) is 8.38. The molecule has 2 N–H and O–H groups in total. The number of hydrogen-bond donors (Lipinski definition) is 2. The number of nitrogens with one attached hydrogen (secondary N) is 1. The van der Waals surface area contributed by atoms with Crippen molar-refractivity contribution >= 4 is 18.0 Å². The maximum Gasteiger partial charge on any atom is 0.412 e. The highest BCUT2D eigenvalue weighted by Crippen LogP contribution is 2.44. The Morgan fingerprint density at radius 2 is 1.66 bits per heavy atom. The van der Waals surface area contributed by atoms with E-state index in [0.717, 1.165) is 33.2 Å². The summed E-state index contributed by atoms with van der Waals surface area (Å²) in [6, 6.07) is 14.0. The van der Waals surface area contributed by atoms with E-state index in [1.165, 1.54) is 0 Å². The van der Waals surface area contributed by atoms with E-state index in [-0.39, 0.29) is 25.6 Å². The second-order valence-electron chi connectivity index (χ2n) is 8.38. The molecule has 2 amide bonds. The largest absolute Gasteiger partial charge is 0.481 e. The second kappa shape index (κ2) is 9.81. The smallest absolute Gasteiger partial charge is 0.412 e. The summed E-state index contributed by atoms with van der Waals surface area (Å²) in [7, 11) is 0. The van der Waals surface area contributed by atoms with Gasteiger partial charge in [-0.1, -0.05) is 54.6 Å². The van der Waals surface area contributed by atoms with Crippen molar-refractivity contribution in [3.63, 3.8) is 0 Å². The number of carboxylic acids is 1. The number of alkyl carbamates (subject to hydrolysis) is 1. The van der Waals surface area contributed by atoms with Gasteiger partial charge in [0.25, 0.3) is 0 Å². The fourth-order valence-electron chi connectivity index (χ4n) is 4.50. The Hall–Kier alpha value is -3.82. The van der Waals surface area contributed by atoms with E-state index in [1.54, 1.807) is 0 Å². The van der Waals surface area contributed by atoms with E-state index in [0.29, 0.717) is 0 Å². The highest BCUT2D eigenvalue weighted by Gasteiger charge is 2.37. The summed E-state index contributed by atoms with van der Waals surface area (Å²) in [5.41, 5.74) is 3.31. The third-order valence-corrected chi connectivity index (χ3v) is 6.20. The van der Waals surface area contributed by atoms with Crippen LogP contribution in [0.2, 0.25) is 0 Å². The summed E-state index contributed by atoms with van der Waals surface area (Å²) in [6.07, 6.45) is -5.69. The van der Waals surface area contributed by atoms with E-state index in [1.807, 2.05) is 48.5 Å². The Balaban J connectivity index is 1.41. The number of carbonyl (C=O) groups is 3. The van der Waals surface area contributed by atoms with Gasteiger partial charge in [-0.25, -0.2) is 4.79 Å². The molecule has 0 saturated heterocycles. The van der Waals surface area contributed by atoms with Gasteiger partial charge >= 0.3 is 18.2 Å². The molecule has 4 rings (SSSR count). The molecule has 1 heterocycles. The predicted molar refractivity (Wildman–Crippen MR) is 120 cm³/mol. The third kappa shape index (κ3) is 5.31. The summed E-state index contributed by atoms with van der Waals surface area (Å²) in [6.45, 7) is -0.585. The van der Waals surface area contributed by atoms with E-state index in [9.17, 15) is 32.7 Å². The zero-order valence-corrected chi connectivity index (χ0v) is 18.5. The molecule has 1 aliphatic heterocycles. The average Bonchev–Trinajstić information content (AvgIpc) is 3.15. The van der Waals surface area contributed by atoms with Gasteiger partial charge in [-0.3, -0.25) is 9.59 Å². The molecule has 1 unspecified atom stereocenters. The van der Waals surface area contributed by atoms with Crippen LogP contribution in [0.1, 0.15) is 29.9 Å². The summed E-state index contributed by atoms with van der Waals surface area (Å²) in [5, 5.41) is 11.5. The molecule has 1 aliphatic carbocycles. The van der Waals surface area contributed by atoms with Crippen LogP contribution in [0.15, 0.2) is 60.2 Å². The van der Waals surface area contributed by atoms with Crippen LogP contribution in [-0.4, -0.2) is 59.9 Å². The molecule has 10 heteroatoms. The molecular formula is C25H23F3N2O5. The lowest BCUT2D eigenvalue weighted by molar-refractivity contribution is -0.142. The fraction of sp³-hybridized carbons (Fsp3) is 0.320. The lowest BCUT2D eigenvalue weighted by atomic mass is 9.98. The number of aliphatic carboxylic acids is 1. The molecule has 1 atom stereocenters. The van der Waals surface area contributed by atoms with Gasteiger partial charge < -0.3 is 20.1 Å². The van der Waals surface area contributed by atoms with Crippen LogP contribution < -0.4 is 5.32 Å². The first kappa shape index (κ1) is 24.3. The molecule has 7 nitrogen and oxygen atoms in total. The molecule has 0 spiro atoms. The molecule has 35 heavy (non-hydrogen) atoms. The van der Waals surface area contributed by atoms with Gasteiger partial charge in [0.2, 0.25) is 5.91 Å². The quantitative estimate of drug-likeness (QED) is 0.598. The molecule has 2 aromatic rings. The number of carboxylic acid groups (broad SMARTS) is 1. The first-order valence-corrected chi connectivity index (χ1v) is 11.0. The van der Waals surface area contributed by atoms with E-state index in [2.05, 4.69) is 5.32 Å². The van der Waals surface area contributed by atoms with Gasteiger partial charge in [-0.05, 0) is 28.7 Å². The SMILES string of the molecule is O=C(O)CC(NC(=O)OCC1c2ccccc2-c2ccccc21)C(=O)N1CC=C(C(F)(F)F)CC1. The van der Waals surface area contributed by atoms with Crippen LogP contribution in [-0.2, 0) is 14.3 Å². The van der Waals surface area contributed by atoms with Gasteiger partial charge in [0.1, 0.15) is 12.6 Å². The average molecular weight is 488 g/mol. The minimum Gasteiger partial charge on any atom is -0.481 e. The highest BCUT2D eigenvalue weighted by molar-refractivity contribution is 5.89. The molecule has 0 saturated carbocycles. The number of carbonyl (C=O) groups excluding carboxylic acids is 2. The van der Waals surface area contributed by atoms with Crippen LogP contribution in [0.4, 0.5) is 18.0 Å². The molecule has 0 bridgehead atoms. The highest BCUT2D eigenvalue weighted by atomic mass is 19.4. The standard InChI is InChI=1S/C25H23F3N2O5/c26-25(27,28)15-9-11-30(12-10-15)23(33)21(13-22(31)32)29-24(34)35-14-20-18-7-3-1-5-16(18)17-6-2-4-8-19(17)20/h1-9,20-21H,10-14H2,(H,29,34)(H,31,32). The van der Waals surface area contributed by atoms with Crippen molar-refractivity contribution in [2.75, 3.05) is 19.7 Å². The van der Waals surface area contributed by atoms with Crippen LogP contribution in [0, 0.1) is 0 Å². The summed E-state index contributed by atoms with van der Waals surface area (Å²) in [5.74, 6) is -2.35. The monoisotopic (exact) mass is 488 g/mol. The number of benzene rings is 2. The van der Waals surface area contributed by atoms with Crippen molar-refractivity contribution in [1.29, 1.82) is 0 Å². The van der Waals surface area contributed by atoms with Gasteiger partial charge in [0.15, 0.2) is 0 Å². The van der Waals surface area contributed by atoms with E-state index < -0.39 is 48.6 Å². The maximum atomic E-state index is 12.8.